The Kier molecular flexibility index (Phi) is 4.62. The molecule has 0 saturated carbocycles. The molecule has 6 heteroatoms. The maximum atomic E-state index is 5.22. The van der Waals surface area contributed by atoms with Gasteiger partial charge in [0.1, 0.15) is 5.82 Å². The average Bonchev–Trinajstić information content (AvgIpc) is 1.84. The maximum absolute atomic E-state index is 5.22. The van der Waals surface area contributed by atoms with Gasteiger partial charge in [0.15, 0.2) is 0 Å². The number of methoxy groups -OCH3 is 1. The first-order valence-corrected chi connectivity index (χ1v) is 3.24. The predicted molar refractivity (Wildman–Crippen MR) is 46.3 cm³/mol. The van der Waals surface area contributed by atoms with Crippen LogP contribution in [0.15, 0.2) is 0 Å². The van der Waals surface area contributed by atoms with Gasteiger partial charge in [-0.15, -0.1) is 0 Å². The molecule has 1 rings (SSSR count). The third-order valence-corrected chi connectivity index (χ3v) is 0.782. The molecule has 0 bridgehead atoms. The highest BCUT2D eigenvalue weighted by atomic mass is 16.4. The van der Waals surface area contributed by atoms with Crippen LogP contribution in [0.2, 0.25) is 0 Å². The van der Waals surface area contributed by atoms with Gasteiger partial charge in [0, 0.05) is 14.2 Å². The zero-order chi connectivity index (χ0) is 9.56. The summed E-state index contributed by atoms with van der Waals surface area (Å²) in [4.78, 5) is 11.0. The van der Waals surface area contributed by atoms with E-state index in [-0.39, 0.29) is 11.9 Å². The largest absolute Gasteiger partial charge is 0.388 e. The number of anilines is 2. The number of nitrogen functional groups attached to an aromatic ring is 2. The van der Waals surface area contributed by atoms with E-state index < -0.39 is 0 Å². The molecule has 0 aliphatic carbocycles. The zero-order valence-electron chi connectivity index (χ0n) is 7.40. The molecule has 0 aromatic carbocycles. The maximum Gasteiger partial charge on any atom is 0.225 e. The van der Waals surface area contributed by atoms with Gasteiger partial charge in [-0.25, -0.2) is 0 Å². The monoisotopic (exact) mass is 171 g/mol. The van der Waals surface area contributed by atoms with Crippen molar-refractivity contribution in [3.05, 3.63) is 5.82 Å². The van der Waals surface area contributed by atoms with Crippen LogP contribution in [0.5, 0.6) is 0 Å². The number of nitrogens with two attached hydrogens (primary N) is 2. The summed E-state index contributed by atoms with van der Waals surface area (Å²) in [6, 6.07) is 0. The lowest BCUT2D eigenvalue weighted by molar-refractivity contribution is 0.277. The van der Waals surface area contributed by atoms with E-state index in [1.54, 1.807) is 21.1 Å². The zero-order valence-corrected chi connectivity index (χ0v) is 7.40. The smallest absolute Gasteiger partial charge is 0.225 e. The molecule has 68 valence electrons. The highest BCUT2D eigenvalue weighted by molar-refractivity contribution is 5.25. The van der Waals surface area contributed by atoms with Crippen LogP contribution in [-0.4, -0.2) is 29.2 Å². The Morgan fingerprint density at radius 3 is 1.58 bits per heavy atom. The van der Waals surface area contributed by atoms with Gasteiger partial charge < -0.3 is 16.2 Å². The second-order valence-corrected chi connectivity index (χ2v) is 2.01. The van der Waals surface area contributed by atoms with Gasteiger partial charge in [0.25, 0.3) is 0 Å². The lowest BCUT2D eigenvalue weighted by Gasteiger charge is -1.93. The second kappa shape index (κ2) is 5.25. The van der Waals surface area contributed by atoms with E-state index in [1.807, 2.05) is 0 Å². The van der Waals surface area contributed by atoms with E-state index in [0.717, 1.165) is 0 Å². The molecule has 0 aliphatic heterocycles. The Morgan fingerprint density at radius 2 is 1.33 bits per heavy atom. The fourth-order valence-corrected chi connectivity index (χ4v) is 0.524. The van der Waals surface area contributed by atoms with Crippen LogP contribution < -0.4 is 11.5 Å². The number of ether oxygens (including phenoxy) is 1. The second-order valence-electron chi connectivity index (χ2n) is 2.01. The summed E-state index contributed by atoms with van der Waals surface area (Å²) in [5, 5.41) is 0. The van der Waals surface area contributed by atoms with Gasteiger partial charge in [0.05, 0.1) is 0 Å². The van der Waals surface area contributed by atoms with E-state index in [1.165, 1.54) is 0 Å². The summed E-state index contributed by atoms with van der Waals surface area (Å²) in [5.41, 5.74) is 10.4. The van der Waals surface area contributed by atoms with Crippen molar-refractivity contribution in [2.75, 3.05) is 25.7 Å². The summed E-state index contributed by atoms with van der Waals surface area (Å²) in [6.07, 6.45) is 0. The van der Waals surface area contributed by atoms with Gasteiger partial charge in [-0.1, -0.05) is 0 Å². The van der Waals surface area contributed by atoms with Gasteiger partial charge in [0.2, 0.25) is 11.9 Å². The lowest BCUT2D eigenvalue weighted by atomic mass is 10.7. The number of nitrogens with zero attached hydrogens (tertiary/aromatic N) is 3. The van der Waals surface area contributed by atoms with Gasteiger partial charge in [-0.05, 0) is 6.92 Å². The molecule has 0 saturated heterocycles. The number of rotatable bonds is 0. The van der Waals surface area contributed by atoms with Gasteiger partial charge in [-0.3, -0.25) is 0 Å². The molecule has 1 heterocycles. The summed E-state index contributed by atoms with van der Waals surface area (Å²) in [7, 11) is 3.25. The van der Waals surface area contributed by atoms with Crippen LogP contribution in [0.3, 0.4) is 0 Å². The topological polar surface area (TPSA) is 99.9 Å². The van der Waals surface area contributed by atoms with E-state index in [4.69, 9.17) is 11.5 Å². The minimum Gasteiger partial charge on any atom is -0.388 e. The van der Waals surface area contributed by atoms with Crippen LogP contribution in [0.25, 0.3) is 0 Å². The van der Waals surface area contributed by atoms with E-state index in [2.05, 4.69) is 19.7 Å². The Morgan fingerprint density at radius 1 is 1.00 bits per heavy atom. The van der Waals surface area contributed by atoms with Crippen molar-refractivity contribution in [3.63, 3.8) is 0 Å². The van der Waals surface area contributed by atoms with Gasteiger partial charge >= 0.3 is 0 Å². The molecule has 6 nitrogen and oxygen atoms in total. The van der Waals surface area contributed by atoms with E-state index >= 15 is 0 Å². The molecule has 0 fully saturated rings. The summed E-state index contributed by atoms with van der Waals surface area (Å²) < 4.78 is 4.25. The Hall–Kier alpha value is -1.43. The number of hydrogen-bond donors (Lipinski definition) is 2. The van der Waals surface area contributed by atoms with E-state index in [9.17, 15) is 0 Å². The highest BCUT2D eigenvalue weighted by Crippen LogP contribution is 1.94. The van der Waals surface area contributed by atoms with Crippen LogP contribution in [0.4, 0.5) is 11.9 Å². The van der Waals surface area contributed by atoms with Gasteiger partial charge in [-0.2, -0.15) is 15.0 Å². The van der Waals surface area contributed by atoms with Crippen molar-refractivity contribution in [2.24, 2.45) is 0 Å². The molecule has 0 radical (unpaired) electrons. The van der Waals surface area contributed by atoms with Crippen molar-refractivity contribution < 1.29 is 4.74 Å². The standard InChI is InChI=1S/C4H7N5.C2H6O/c1-2-7-3(5)9-4(6)8-2;1-3-2/h1H3,(H4,5,6,7,8,9);1-2H3. The molecular weight excluding hydrogens is 158 g/mol. The molecule has 0 unspecified atom stereocenters. The SMILES string of the molecule is COC.Cc1nc(N)nc(N)n1. The van der Waals surface area contributed by atoms with Crippen molar-refractivity contribution in [3.8, 4) is 0 Å². The normalized spacial score (nSPS) is 8.58. The molecule has 12 heavy (non-hydrogen) atoms. The van der Waals surface area contributed by atoms with E-state index in [0.29, 0.717) is 5.82 Å². The molecule has 4 N–H and O–H groups in total. The molecule has 0 aliphatic rings. The third kappa shape index (κ3) is 4.40. The molecule has 1 aromatic heterocycles. The molecule has 0 atom stereocenters. The Labute approximate surface area is 71.0 Å². The van der Waals surface area contributed by atoms with Crippen molar-refractivity contribution in [1.82, 2.24) is 15.0 Å². The van der Waals surface area contributed by atoms with Crippen molar-refractivity contribution in [2.45, 2.75) is 6.92 Å². The molecule has 1 aromatic rings. The van der Waals surface area contributed by atoms with Crippen LogP contribution in [0, 0.1) is 6.92 Å². The number of aromatic nitrogens is 3. The van der Waals surface area contributed by atoms with Crippen LogP contribution in [-0.2, 0) is 4.74 Å². The predicted octanol–water partition coefficient (Wildman–Crippen LogP) is -0.393. The number of hydrogen-bond acceptors (Lipinski definition) is 6. The summed E-state index contributed by atoms with van der Waals surface area (Å²) in [5.74, 6) is 0.875. The number of aryl methyl sites for hydroxylation is 1. The highest BCUT2D eigenvalue weighted by Gasteiger charge is 1.93. The fourth-order valence-electron chi connectivity index (χ4n) is 0.524. The lowest BCUT2D eigenvalue weighted by Crippen LogP contribution is -2.03. The van der Waals surface area contributed by atoms with Crippen molar-refractivity contribution in [1.29, 1.82) is 0 Å². The molecule has 0 amide bonds. The van der Waals surface area contributed by atoms with Crippen LogP contribution >= 0.6 is 0 Å². The minimum atomic E-state index is 0.167. The third-order valence-electron chi connectivity index (χ3n) is 0.782. The Bertz CT molecular complexity index is 189. The summed E-state index contributed by atoms with van der Waals surface area (Å²) in [6.45, 7) is 1.70. The van der Waals surface area contributed by atoms with Crippen LogP contribution in [0.1, 0.15) is 5.82 Å². The minimum absolute atomic E-state index is 0.167. The fraction of sp³-hybridized carbons (Fsp3) is 0.500. The first-order chi connectivity index (χ1) is 5.60. The average molecular weight is 171 g/mol. The van der Waals surface area contributed by atoms with Crippen molar-refractivity contribution >= 4 is 11.9 Å². The molecular formula is C6H13N5O. The first kappa shape index (κ1) is 10.6. The Balaban J connectivity index is 0.000000354. The molecule has 0 spiro atoms. The first-order valence-electron chi connectivity index (χ1n) is 3.24. The summed E-state index contributed by atoms with van der Waals surface area (Å²) >= 11 is 0. The quantitative estimate of drug-likeness (QED) is 0.551.